The van der Waals surface area contributed by atoms with Gasteiger partial charge in [-0.2, -0.15) is 0 Å². The van der Waals surface area contributed by atoms with Gasteiger partial charge in [0, 0.05) is 13.1 Å². The van der Waals surface area contributed by atoms with E-state index in [0.717, 1.165) is 16.6 Å². The number of rotatable bonds is 5. The zero-order valence-electron chi connectivity index (χ0n) is 13.1. The van der Waals surface area contributed by atoms with E-state index in [4.69, 9.17) is 0 Å². The van der Waals surface area contributed by atoms with Crippen LogP contribution in [0.1, 0.15) is 5.56 Å². The molecule has 3 aromatic rings. The van der Waals surface area contributed by atoms with Crippen molar-refractivity contribution in [2.24, 2.45) is 0 Å². The molecule has 0 spiro atoms. The summed E-state index contributed by atoms with van der Waals surface area (Å²) >= 11 is 0. The minimum atomic E-state index is -0.486. The molecule has 0 saturated heterocycles. The quantitative estimate of drug-likeness (QED) is 0.755. The SMILES string of the molecule is O=C(Cc1ccccc1)NC(=O)NCCn1cnc2ccccc21. The smallest absolute Gasteiger partial charge is 0.321 e. The van der Waals surface area contributed by atoms with Crippen LogP contribution in [0.3, 0.4) is 0 Å². The Kier molecular flexibility index (Phi) is 4.86. The number of nitrogens with zero attached hydrogens (tertiary/aromatic N) is 2. The van der Waals surface area contributed by atoms with Crippen molar-refractivity contribution in [2.45, 2.75) is 13.0 Å². The fraction of sp³-hybridized carbons (Fsp3) is 0.167. The first-order valence-corrected chi connectivity index (χ1v) is 7.74. The van der Waals surface area contributed by atoms with E-state index in [1.54, 1.807) is 6.33 Å². The number of imidazole rings is 1. The van der Waals surface area contributed by atoms with Crippen LogP contribution in [-0.4, -0.2) is 28.0 Å². The molecule has 0 unspecified atom stereocenters. The Morgan fingerprint density at radius 3 is 2.58 bits per heavy atom. The number of para-hydroxylation sites is 2. The zero-order chi connectivity index (χ0) is 16.8. The van der Waals surface area contributed by atoms with Gasteiger partial charge in [0.1, 0.15) is 0 Å². The molecular weight excluding hydrogens is 304 g/mol. The van der Waals surface area contributed by atoms with Crippen LogP contribution in [0, 0.1) is 0 Å². The van der Waals surface area contributed by atoms with Gasteiger partial charge < -0.3 is 9.88 Å². The number of hydrogen-bond acceptors (Lipinski definition) is 3. The number of imide groups is 1. The molecule has 0 saturated carbocycles. The summed E-state index contributed by atoms with van der Waals surface area (Å²) in [6.45, 7) is 0.992. The average Bonchev–Trinajstić information content (AvgIpc) is 2.99. The molecule has 6 nitrogen and oxygen atoms in total. The minimum Gasteiger partial charge on any atom is -0.336 e. The number of amides is 3. The predicted molar refractivity (Wildman–Crippen MR) is 91.4 cm³/mol. The van der Waals surface area contributed by atoms with E-state index in [2.05, 4.69) is 15.6 Å². The second-order valence-electron chi connectivity index (χ2n) is 5.39. The number of hydrogen-bond donors (Lipinski definition) is 2. The van der Waals surface area contributed by atoms with E-state index in [1.165, 1.54) is 0 Å². The molecule has 0 radical (unpaired) electrons. The molecule has 0 bridgehead atoms. The number of fused-ring (bicyclic) bond motifs is 1. The van der Waals surface area contributed by atoms with Crippen LogP contribution in [-0.2, 0) is 17.8 Å². The first-order chi connectivity index (χ1) is 11.7. The third-order valence-corrected chi connectivity index (χ3v) is 3.63. The van der Waals surface area contributed by atoms with Crippen molar-refractivity contribution >= 4 is 23.0 Å². The Morgan fingerprint density at radius 1 is 1.00 bits per heavy atom. The lowest BCUT2D eigenvalue weighted by Crippen LogP contribution is -2.41. The Balaban J connectivity index is 1.45. The lowest BCUT2D eigenvalue weighted by molar-refractivity contribution is -0.119. The van der Waals surface area contributed by atoms with Gasteiger partial charge in [-0.25, -0.2) is 9.78 Å². The van der Waals surface area contributed by atoms with Gasteiger partial charge in [0.15, 0.2) is 0 Å². The van der Waals surface area contributed by atoms with Crippen molar-refractivity contribution in [1.82, 2.24) is 20.2 Å². The van der Waals surface area contributed by atoms with Crippen molar-refractivity contribution < 1.29 is 9.59 Å². The molecule has 3 amide bonds. The van der Waals surface area contributed by atoms with Gasteiger partial charge in [0.05, 0.1) is 23.8 Å². The van der Waals surface area contributed by atoms with E-state index >= 15 is 0 Å². The average molecular weight is 322 g/mol. The summed E-state index contributed by atoms with van der Waals surface area (Å²) in [5.41, 5.74) is 2.80. The second kappa shape index (κ2) is 7.41. The molecule has 3 rings (SSSR count). The largest absolute Gasteiger partial charge is 0.336 e. The molecule has 1 heterocycles. The first-order valence-electron chi connectivity index (χ1n) is 7.74. The second-order valence-corrected chi connectivity index (χ2v) is 5.39. The summed E-state index contributed by atoms with van der Waals surface area (Å²) in [5.74, 6) is -0.327. The molecule has 0 aliphatic heterocycles. The Hall–Kier alpha value is -3.15. The highest BCUT2D eigenvalue weighted by atomic mass is 16.2. The first kappa shape index (κ1) is 15.7. The number of carbonyl (C=O) groups excluding carboxylic acids is 2. The van der Waals surface area contributed by atoms with Crippen molar-refractivity contribution in [3.8, 4) is 0 Å². The predicted octanol–water partition coefficient (Wildman–Crippen LogP) is 2.10. The fourth-order valence-corrected chi connectivity index (χ4v) is 2.47. The van der Waals surface area contributed by atoms with Crippen molar-refractivity contribution in [1.29, 1.82) is 0 Å². The molecule has 2 aromatic carbocycles. The molecule has 2 N–H and O–H groups in total. The number of nitrogens with one attached hydrogen (secondary N) is 2. The third-order valence-electron chi connectivity index (χ3n) is 3.63. The van der Waals surface area contributed by atoms with E-state index in [0.29, 0.717) is 13.1 Å². The summed E-state index contributed by atoms with van der Waals surface area (Å²) in [5, 5.41) is 5.01. The van der Waals surface area contributed by atoms with E-state index in [-0.39, 0.29) is 12.3 Å². The van der Waals surface area contributed by atoms with Gasteiger partial charge in [-0.3, -0.25) is 10.1 Å². The van der Waals surface area contributed by atoms with Crippen molar-refractivity contribution in [3.05, 3.63) is 66.5 Å². The number of aromatic nitrogens is 2. The summed E-state index contributed by atoms with van der Waals surface area (Å²) in [4.78, 5) is 27.9. The Morgan fingerprint density at radius 2 is 1.75 bits per heavy atom. The zero-order valence-corrected chi connectivity index (χ0v) is 13.1. The van der Waals surface area contributed by atoms with Crippen LogP contribution >= 0.6 is 0 Å². The normalized spacial score (nSPS) is 10.5. The van der Waals surface area contributed by atoms with Crippen LogP contribution in [0.25, 0.3) is 11.0 Å². The number of benzene rings is 2. The Labute approximate surface area is 139 Å². The van der Waals surface area contributed by atoms with Crippen LogP contribution in [0.15, 0.2) is 60.9 Å². The van der Waals surface area contributed by atoms with E-state index < -0.39 is 6.03 Å². The highest BCUT2D eigenvalue weighted by Crippen LogP contribution is 2.10. The van der Waals surface area contributed by atoms with Crippen molar-refractivity contribution in [3.63, 3.8) is 0 Å². The van der Waals surface area contributed by atoms with Crippen LogP contribution in [0.5, 0.6) is 0 Å². The highest BCUT2D eigenvalue weighted by Gasteiger charge is 2.08. The van der Waals surface area contributed by atoms with Gasteiger partial charge in [-0.1, -0.05) is 42.5 Å². The summed E-state index contributed by atoms with van der Waals surface area (Å²) in [7, 11) is 0. The van der Waals surface area contributed by atoms with Gasteiger partial charge >= 0.3 is 6.03 Å². The maximum Gasteiger partial charge on any atom is 0.321 e. The van der Waals surface area contributed by atoms with E-state index in [1.807, 2.05) is 59.2 Å². The van der Waals surface area contributed by atoms with Crippen LogP contribution in [0.4, 0.5) is 4.79 Å². The van der Waals surface area contributed by atoms with Gasteiger partial charge in [-0.15, -0.1) is 0 Å². The third kappa shape index (κ3) is 3.98. The summed E-state index contributed by atoms with van der Waals surface area (Å²) in [6, 6.07) is 16.6. The molecule has 0 atom stereocenters. The topological polar surface area (TPSA) is 76.0 Å². The van der Waals surface area contributed by atoms with Crippen LogP contribution in [0.2, 0.25) is 0 Å². The molecular formula is C18H18N4O2. The monoisotopic (exact) mass is 322 g/mol. The standard InChI is InChI=1S/C18H18N4O2/c23-17(12-14-6-2-1-3-7-14)21-18(24)19-10-11-22-13-20-15-8-4-5-9-16(15)22/h1-9,13H,10-12H2,(H2,19,21,23,24). The molecule has 1 aromatic heterocycles. The lowest BCUT2D eigenvalue weighted by Gasteiger charge is -2.08. The summed E-state index contributed by atoms with van der Waals surface area (Å²) in [6.07, 6.45) is 1.92. The fourth-order valence-electron chi connectivity index (χ4n) is 2.47. The number of urea groups is 1. The van der Waals surface area contributed by atoms with Crippen LogP contribution < -0.4 is 10.6 Å². The van der Waals surface area contributed by atoms with E-state index in [9.17, 15) is 9.59 Å². The van der Waals surface area contributed by atoms with Gasteiger partial charge in [0.2, 0.25) is 5.91 Å². The highest BCUT2D eigenvalue weighted by molar-refractivity contribution is 5.95. The molecule has 0 fully saturated rings. The molecule has 24 heavy (non-hydrogen) atoms. The minimum absolute atomic E-state index is 0.181. The van der Waals surface area contributed by atoms with Crippen molar-refractivity contribution in [2.75, 3.05) is 6.54 Å². The maximum absolute atomic E-state index is 11.8. The number of carbonyl (C=O) groups is 2. The maximum atomic E-state index is 11.8. The molecule has 6 heteroatoms. The Bertz CT molecular complexity index is 842. The molecule has 122 valence electrons. The molecule has 0 aliphatic rings. The summed E-state index contributed by atoms with van der Waals surface area (Å²) < 4.78 is 1.96. The van der Waals surface area contributed by atoms with Gasteiger partial charge in [0.25, 0.3) is 0 Å². The lowest BCUT2D eigenvalue weighted by atomic mass is 10.1. The molecule has 0 aliphatic carbocycles. The van der Waals surface area contributed by atoms with Gasteiger partial charge in [-0.05, 0) is 17.7 Å².